The molecule has 0 aliphatic rings. The third-order valence-electron chi connectivity index (χ3n) is 6.24. The van der Waals surface area contributed by atoms with Crippen LogP contribution in [0.1, 0.15) is 77.0 Å². The van der Waals surface area contributed by atoms with Gasteiger partial charge in [-0.05, 0) is 60.8 Å². The molecule has 1 N–H and O–H groups in total. The maximum atomic E-state index is 13.3. The van der Waals surface area contributed by atoms with Gasteiger partial charge >= 0.3 is 0 Å². The number of carbonyl (C=O) groups is 1. The van der Waals surface area contributed by atoms with Crippen LogP contribution in [-0.2, 0) is 5.54 Å². The fraction of sp³-hybridized carbons (Fsp3) is 0.462. The molecule has 1 aromatic heterocycles. The highest BCUT2D eigenvalue weighted by molar-refractivity contribution is 9.10. The summed E-state index contributed by atoms with van der Waals surface area (Å²) in [6.45, 7) is 17.7. The molecule has 1 heterocycles. The van der Waals surface area contributed by atoms with Crippen LogP contribution in [0.25, 0.3) is 0 Å². The zero-order valence-corrected chi connectivity index (χ0v) is 22.6. The molecule has 2 rings (SSSR count). The average Bonchev–Trinajstić information content (AvgIpc) is 2.68. The summed E-state index contributed by atoms with van der Waals surface area (Å²) in [6, 6.07) is 11.4. The summed E-state index contributed by atoms with van der Waals surface area (Å²) < 4.78 is 0.920. The fourth-order valence-electron chi connectivity index (χ4n) is 4.57. The summed E-state index contributed by atoms with van der Waals surface area (Å²) in [7, 11) is -1.90. The van der Waals surface area contributed by atoms with Gasteiger partial charge in [-0.3, -0.25) is 9.78 Å². The second-order valence-corrected chi connectivity index (χ2v) is 16.1. The van der Waals surface area contributed by atoms with E-state index in [1.54, 1.807) is 6.20 Å². The summed E-state index contributed by atoms with van der Waals surface area (Å²) in [4.78, 5) is 17.7. The Morgan fingerprint density at radius 1 is 1.03 bits per heavy atom. The van der Waals surface area contributed by atoms with Crippen LogP contribution < -0.4 is 5.32 Å². The lowest BCUT2D eigenvalue weighted by Crippen LogP contribution is -2.43. The topological polar surface area (TPSA) is 42.0 Å². The molecule has 3 nitrogen and oxygen atoms in total. The number of rotatable bonds is 6. The monoisotopic (exact) mass is 498 g/mol. The van der Waals surface area contributed by atoms with Crippen molar-refractivity contribution in [2.45, 2.75) is 77.6 Å². The van der Waals surface area contributed by atoms with Crippen molar-refractivity contribution in [2.75, 3.05) is 0 Å². The van der Waals surface area contributed by atoms with Crippen LogP contribution in [0, 0.1) is 11.5 Å². The normalized spacial score (nSPS) is 12.1. The SMILES string of the molecule is CC(C)[Si](C#Cc1cc(Br)ccc1C(=O)NC(C)(C)c1ccccn1)(C(C)C)C(C)C. The average molecular weight is 500 g/mol. The van der Waals surface area contributed by atoms with Crippen molar-refractivity contribution < 1.29 is 4.79 Å². The van der Waals surface area contributed by atoms with E-state index in [4.69, 9.17) is 0 Å². The van der Waals surface area contributed by atoms with Crippen molar-refractivity contribution in [3.63, 3.8) is 0 Å². The summed E-state index contributed by atoms with van der Waals surface area (Å²) in [6.07, 6.45) is 1.74. The minimum Gasteiger partial charge on any atom is -0.341 e. The van der Waals surface area contributed by atoms with Crippen molar-refractivity contribution in [2.24, 2.45) is 0 Å². The lowest BCUT2D eigenvalue weighted by Gasteiger charge is -2.38. The Morgan fingerprint density at radius 3 is 2.16 bits per heavy atom. The van der Waals surface area contributed by atoms with Gasteiger partial charge in [-0.1, -0.05) is 69.5 Å². The van der Waals surface area contributed by atoms with Crippen molar-refractivity contribution >= 4 is 29.9 Å². The molecule has 0 unspecified atom stereocenters. The molecule has 0 aliphatic carbocycles. The number of nitrogens with zero attached hydrogens (tertiary/aromatic N) is 1. The molecule has 0 atom stereocenters. The fourth-order valence-corrected chi connectivity index (χ4v) is 10.2. The predicted molar refractivity (Wildman–Crippen MR) is 137 cm³/mol. The van der Waals surface area contributed by atoms with E-state index in [-0.39, 0.29) is 5.91 Å². The zero-order chi connectivity index (χ0) is 23.4. The Kier molecular flexibility index (Phi) is 8.30. The molecule has 0 saturated carbocycles. The Hall–Kier alpha value is -1.90. The number of hydrogen-bond donors (Lipinski definition) is 1. The minimum atomic E-state index is -1.90. The Bertz CT molecular complexity index is 950. The van der Waals surface area contributed by atoms with Gasteiger partial charge < -0.3 is 5.32 Å². The van der Waals surface area contributed by atoms with E-state index in [9.17, 15) is 4.79 Å². The molecule has 0 saturated heterocycles. The highest BCUT2D eigenvalue weighted by Gasteiger charge is 2.41. The second-order valence-electron chi connectivity index (χ2n) is 9.63. The van der Waals surface area contributed by atoms with E-state index in [0.29, 0.717) is 22.2 Å². The van der Waals surface area contributed by atoms with Crippen LogP contribution in [0.5, 0.6) is 0 Å². The van der Waals surface area contributed by atoms with Gasteiger partial charge in [0.05, 0.1) is 16.8 Å². The smallest absolute Gasteiger partial charge is 0.253 e. The van der Waals surface area contributed by atoms with E-state index in [1.807, 2.05) is 50.2 Å². The molecule has 2 aromatic rings. The van der Waals surface area contributed by atoms with E-state index in [0.717, 1.165) is 15.7 Å². The first-order valence-corrected chi connectivity index (χ1v) is 14.0. The first-order chi connectivity index (χ1) is 14.4. The van der Waals surface area contributed by atoms with Crippen LogP contribution in [0.15, 0.2) is 47.1 Å². The van der Waals surface area contributed by atoms with Crippen molar-refractivity contribution in [3.8, 4) is 11.5 Å². The number of halogens is 1. The number of amides is 1. The lowest BCUT2D eigenvalue weighted by atomic mass is 9.98. The Labute approximate surface area is 197 Å². The molecule has 166 valence electrons. The molecule has 31 heavy (non-hydrogen) atoms. The molecule has 0 bridgehead atoms. The minimum absolute atomic E-state index is 0.140. The number of benzene rings is 1. The van der Waals surface area contributed by atoms with E-state index in [2.05, 4.69) is 79.2 Å². The first kappa shape index (κ1) is 25.4. The van der Waals surface area contributed by atoms with Crippen molar-refractivity contribution in [1.82, 2.24) is 10.3 Å². The summed E-state index contributed by atoms with van der Waals surface area (Å²) >= 11 is 3.55. The summed E-state index contributed by atoms with van der Waals surface area (Å²) in [5.74, 6) is 3.31. The van der Waals surface area contributed by atoms with E-state index in [1.165, 1.54) is 0 Å². The van der Waals surface area contributed by atoms with Gasteiger partial charge in [0, 0.05) is 16.2 Å². The first-order valence-electron chi connectivity index (χ1n) is 11.0. The molecule has 1 aromatic carbocycles. The van der Waals surface area contributed by atoms with Gasteiger partial charge in [-0.25, -0.2) is 0 Å². The maximum Gasteiger partial charge on any atom is 0.253 e. The molecule has 0 radical (unpaired) electrons. The Morgan fingerprint density at radius 2 is 1.65 bits per heavy atom. The maximum absolute atomic E-state index is 13.3. The Balaban J connectivity index is 2.48. The molecular formula is C26H35BrN2OSi. The number of aromatic nitrogens is 1. The van der Waals surface area contributed by atoms with E-state index >= 15 is 0 Å². The molecule has 0 spiro atoms. The largest absolute Gasteiger partial charge is 0.341 e. The second kappa shape index (κ2) is 10.1. The van der Waals surface area contributed by atoms with Crippen LogP contribution in [0.3, 0.4) is 0 Å². The summed E-state index contributed by atoms with van der Waals surface area (Å²) in [5.41, 5.74) is 6.93. The molecule has 1 amide bonds. The predicted octanol–water partition coefficient (Wildman–Crippen LogP) is 7.08. The van der Waals surface area contributed by atoms with Gasteiger partial charge in [0.15, 0.2) is 0 Å². The third kappa shape index (κ3) is 5.67. The van der Waals surface area contributed by atoms with Crippen LogP contribution in [0.4, 0.5) is 0 Å². The highest BCUT2D eigenvalue weighted by atomic mass is 79.9. The number of nitrogens with one attached hydrogen (secondary N) is 1. The number of carbonyl (C=O) groups excluding carboxylic acids is 1. The van der Waals surface area contributed by atoms with Gasteiger partial charge in [0.1, 0.15) is 8.07 Å². The quantitative estimate of drug-likeness (QED) is 0.341. The zero-order valence-electron chi connectivity index (χ0n) is 20.0. The standard InChI is InChI=1S/C26H35BrN2OSi/c1-18(2)31(19(3)4,20(5)6)16-14-21-17-22(27)12-13-23(21)25(30)29-26(7,8)24-11-9-10-15-28-24/h9-13,15,17-20H,1-8H3,(H,29,30). The van der Waals surface area contributed by atoms with Crippen molar-refractivity contribution in [1.29, 1.82) is 0 Å². The van der Waals surface area contributed by atoms with Gasteiger partial charge in [0.25, 0.3) is 5.91 Å². The highest BCUT2D eigenvalue weighted by Crippen LogP contribution is 2.40. The van der Waals surface area contributed by atoms with Gasteiger partial charge in [-0.2, -0.15) is 0 Å². The molecule has 5 heteroatoms. The van der Waals surface area contributed by atoms with Crippen LogP contribution in [0.2, 0.25) is 16.6 Å². The number of pyridine rings is 1. The molecule has 0 fully saturated rings. The van der Waals surface area contributed by atoms with Gasteiger partial charge in [0.2, 0.25) is 0 Å². The molecule has 0 aliphatic heterocycles. The number of hydrogen-bond acceptors (Lipinski definition) is 2. The molecular weight excluding hydrogens is 464 g/mol. The van der Waals surface area contributed by atoms with Gasteiger partial charge in [-0.15, -0.1) is 5.54 Å². The van der Waals surface area contributed by atoms with Crippen LogP contribution >= 0.6 is 15.9 Å². The van der Waals surface area contributed by atoms with Crippen LogP contribution in [-0.4, -0.2) is 19.0 Å². The third-order valence-corrected chi connectivity index (χ3v) is 13.0. The van der Waals surface area contributed by atoms with Crippen molar-refractivity contribution in [3.05, 3.63) is 63.9 Å². The van der Waals surface area contributed by atoms with E-state index < -0.39 is 13.6 Å². The summed E-state index contributed by atoms with van der Waals surface area (Å²) in [5, 5.41) is 3.14. The lowest BCUT2D eigenvalue weighted by molar-refractivity contribution is 0.0910.